The van der Waals surface area contributed by atoms with E-state index in [0.29, 0.717) is 44.0 Å². The Hall–Kier alpha value is -1.96. The molecule has 7 nitrogen and oxygen atoms in total. The molecule has 1 aromatic heterocycles. The summed E-state index contributed by atoms with van der Waals surface area (Å²) in [6, 6.07) is 0. The Morgan fingerprint density at radius 3 is 2.41 bits per heavy atom. The normalized spacial score (nSPS) is 21.6. The van der Waals surface area contributed by atoms with Crippen LogP contribution < -0.4 is 5.32 Å². The highest BCUT2D eigenvalue weighted by molar-refractivity contribution is 7.13. The third-order valence-electron chi connectivity index (χ3n) is 5.31. The first-order valence-corrected chi connectivity index (χ1v) is 10.4. The molecule has 0 aromatic carbocycles. The van der Waals surface area contributed by atoms with Gasteiger partial charge in [0.2, 0.25) is 17.7 Å². The Balaban J connectivity index is 1.51. The minimum absolute atomic E-state index is 0.0219. The average molecular weight is 393 g/mol. The van der Waals surface area contributed by atoms with E-state index in [0.717, 1.165) is 5.69 Å². The van der Waals surface area contributed by atoms with Crippen molar-refractivity contribution in [1.82, 2.24) is 14.8 Å². The van der Waals surface area contributed by atoms with Crippen LogP contribution in [0.5, 0.6) is 0 Å². The van der Waals surface area contributed by atoms with Crippen LogP contribution >= 0.6 is 11.3 Å². The number of likely N-dealkylation sites (tertiary alicyclic amines) is 2. The van der Waals surface area contributed by atoms with Crippen LogP contribution in [0.3, 0.4) is 0 Å². The molecule has 0 aliphatic carbocycles. The predicted octanol–water partition coefficient (Wildman–Crippen LogP) is 2.28. The smallest absolute Gasteiger partial charge is 0.229 e. The highest BCUT2D eigenvalue weighted by atomic mass is 32.1. The van der Waals surface area contributed by atoms with Crippen LogP contribution in [-0.2, 0) is 14.4 Å². The Morgan fingerprint density at radius 1 is 1.22 bits per heavy atom. The fourth-order valence-electron chi connectivity index (χ4n) is 3.76. The number of thiazole rings is 1. The number of hydrogen-bond donors (Lipinski definition) is 1. The van der Waals surface area contributed by atoms with Gasteiger partial charge in [0.25, 0.3) is 0 Å². The molecule has 2 aliphatic heterocycles. The van der Waals surface area contributed by atoms with Crippen LogP contribution in [0.1, 0.15) is 45.7 Å². The number of hydrogen-bond acceptors (Lipinski definition) is 5. The molecule has 148 valence electrons. The number of nitrogens with zero attached hydrogens (tertiary/aromatic N) is 3. The summed E-state index contributed by atoms with van der Waals surface area (Å²) in [4.78, 5) is 45.3. The van der Waals surface area contributed by atoms with Crippen LogP contribution in [-0.4, -0.2) is 57.7 Å². The summed E-state index contributed by atoms with van der Waals surface area (Å²) in [5.74, 6) is -0.292. The first-order valence-electron chi connectivity index (χ1n) is 9.47. The summed E-state index contributed by atoms with van der Waals surface area (Å²) in [6.07, 6.45) is 1.58. The highest BCUT2D eigenvalue weighted by Gasteiger charge is 2.41. The first kappa shape index (κ1) is 19.8. The molecule has 1 unspecified atom stereocenters. The molecule has 27 heavy (non-hydrogen) atoms. The number of anilines is 1. The van der Waals surface area contributed by atoms with Crippen LogP contribution in [0.15, 0.2) is 5.38 Å². The standard InChI is InChI=1S/C19H28N4O3S/c1-12-11-27-18(20-12)21-16(25)13-5-7-22(8-6-13)17(26)14-9-15(24)23(10-14)19(2,3)4/h11,13-14H,5-10H2,1-4H3,(H,20,21,25). The minimum Gasteiger partial charge on any atom is -0.342 e. The van der Waals surface area contributed by atoms with Gasteiger partial charge in [-0.1, -0.05) is 0 Å². The molecule has 0 radical (unpaired) electrons. The van der Waals surface area contributed by atoms with E-state index in [-0.39, 0.29) is 35.1 Å². The van der Waals surface area contributed by atoms with Crippen LogP contribution in [0.2, 0.25) is 0 Å². The van der Waals surface area contributed by atoms with E-state index in [1.165, 1.54) is 11.3 Å². The monoisotopic (exact) mass is 392 g/mol. The van der Waals surface area contributed by atoms with Crippen molar-refractivity contribution in [2.45, 2.75) is 52.5 Å². The SMILES string of the molecule is Cc1csc(NC(=O)C2CCN(C(=O)C3CC(=O)N(C(C)(C)C)C3)CC2)n1. The Morgan fingerprint density at radius 2 is 1.89 bits per heavy atom. The van der Waals surface area contributed by atoms with Gasteiger partial charge in [0.15, 0.2) is 5.13 Å². The summed E-state index contributed by atoms with van der Waals surface area (Å²) in [6.45, 7) is 9.49. The molecule has 8 heteroatoms. The fraction of sp³-hybridized carbons (Fsp3) is 0.684. The maximum atomic E-state index is 12.8. The van der Waals surface area contributed by atoms with E-state index in [1.807, 2.05) is 38.0 Å². The van der Waals surface area contributed by atoms with E-state index in [9.17, 15) is 14.4 Å². The van der Waals surface area contributed by atoms with Crippen molar-refractivity contribution in [1.29, 1.82) is 0 Å². The van der Waals surface area contributed by atoms with E-state index >= 15 is 0 Å². The van der Waals surface area contributed by atoms with Gasteiger partial charge < -0.3 is 15.1 Å². The van der Waals surface area contributed by atoms with Crippen LogP contribution in [0.25, 0.3) is 0 Å². The van der Waals surface area contributed by atoms with Crippen molar-refractivity contribution in [2.75, 3.05) is 25.0 Å². The molecule has 1 aromatic rings. The molecule has 0 bridgehead atoms. The third kappa shape index (κ3) is 4.48. The largest absolute Gasteiger partial charge is 0.342 e. The lowest BCUT2D eigenvalue weighted by Gasteiger charge is -2.34. The second-order valence-electron chi connectivity index (χ2n) is 8.46. The molecule has 2 fully saturated rings. The van der Waals surface area contributed by atoms with Crippen LogP contribution in [0.4, 0.5) is 5.13 Å². The first-order chi connectivity index (χ1) is 12.6. The molecule has 3 amide bonds. The van der Waals surface area contributed by atoms with Gasteiger partial charge in [0.05, 0.1) is 11.6 Å². The summed E-state index contributed by atoms with van der Waals surface area (Å²) in [7, 11) is 0. The second kappa shape index (κ2) is 7.58. The lowest BCUT2D eigenvalue weighted by molar-refractivity contribution is -0.138. The van der Waals surface area contributed by atoms with Gasteiger partial charge in [-0.15, -0.1) is 11.3 Å². The third-order valence-corrected chi connectivity index (χ3v) is 6.19. The van der Waals surface area contributed by atoms with Gasteiger partial charge >= 0.3 is 0 Å². The lowest BCUT2D eigenvalue weighted by atomic mass is 9.94. The predicted molar refractivity (Wildman–Crippen MR) is 104 cm³/mol. The van der Waals surface area contributed by atoms with Gasteiger partial charge in [-0.25, -0.2) is 4.98 Å². The number of aryl methyl sites for hydroxylation is 1. The maximum Gasteiger partial charge on any atom is 0.229 e. The molecule has 2 saturated heterocycles. The lowest BCUT2D eigenvalue weighted by Crippen LogP contribution is -2.46. The van der Waals surface area contributed by atoms with Crippen molar-refractivity contribution >= 4 is 34.2 Å². The van der Waals surface area contributed by atoms with E-state index in [1.54, 1.807) is 4.90 Å². The molecule has 0 spiro atoms. The Kier molecular flexibility index (Phi) is 5.55. The Labute approximate surface area is 164 Å². The average Bonchev–Trinajstić information content (AvgIpc) is 3.19. The van der Waals surface area contributed by atoms with Gasteiger partial charge in [-0.2, -0.15) is 0 Å². The number of rotatable bonds is 3. The zero-order valence-electron chi connectivity index (χ0n) is 16.4. The Bertz CT molecular complexity index is 732. The van der Waals surface area contributed by atoms with E-state index in [4.69, 9.17) is 0 Å². The zero-order valence-corrected chi connectivity index (χ0v) is 17.3. The maximum absolute atomic E-state index is 12.8. The topological polar surface area (TPSA) is 82.6 Å². The number of piperidine rings is 1. The quantitative estimate of drug-likeness (QED) is 0.855. The fourth-order valence-corrected chi connectivity index (χ4v) is 4.45. The van der Waals surface area contributed by atoms with Crippen molar-refractivity contribution in [2.24, 2.45) is 11.8 Å². The van der Waals surface area contributed by atoms with E-state index < -0.39 is 0 Å². The number of carbonyl (C=O) groups excluding carboxylic acids is 3. The van der Waals surface area contributed by atoms with E-state index in [2.05, 4.69) is 10.3 Å². The number of aromatic nitrogens is 1. The molecule has 3 heterocycles. The summed E-state index contributed by atoms with van der Waals surface area (Å²) in [5, 5.41) is 5.40. The molecular weight excluding hydrogens is 364 g/mol. The second-order valence-corrected chi connectivity index (χ2v) is 9.32. The molecule has 3 rings (SSSR count). The minimum atomic E-state index is -0.264. The number of amides is 3. The van der Waals surface area contributed by atoms with Crippen molar-refractivity contribution in [3.05, 3.63) is 11.1 Å². The van der Waals surface area contributed by atoms with Crippen LogP contribution in [0, 0.1) is 18.8 Å². The number of carbonyl (C=O) groups is 3. The summed E-state index contributed by atoms with van der Waals surface area (Å²) in [5.41, 5.74) is 0.636. The van der Waals surface area contributed by atoms with Crippen molar-refractivity contribution < 1.29 is 14.4 Å². The number of nitrogens with one attached hydrogen (secondary N) is 1. The van der Waals surface area contributed by atoms with Crippen molar-refractivity contribution in [3.63, 3.8) is 0 Å². The molecule has 0 saturated carbocycles. The molecule has 1 N–H and O–H groups in total. The highest BCUT2D eigenvalue weighted by Crippen LogP contribution is 2.29. The molecule has 1 atom stereocenters. The molecule has 2 aliphatic rings. The summed E-state index contributed by atoms with van der Waals surface area (Å²) >= 11 is 1.42. The molecular formula is C19H28N4O3S. The van der Waals surface area contributed by atoms with Gasteiger partial charge in [0.1, 0.15) is 0 Å². The van der Waals surface area contributed by atoms with Crippen molar-refractivity contribution in [3.8, 4) is 0 Å². The zero-order chi connectivity index (χ0) is 19.8. The summed E-state index contributed by atoms with van der Waals surface area (Å²) < 4.78 is 0. The van der Waals surface area contributed by atoms with Gasteiger partial charge in [-0.05, 0) is 40.5 Å². The van der Waals surface area contributed by atoms with Gasteiger partial charge in [0, 0.05) is 42.9 Å². The van der Waals surface area contributed by atoms with Gasteiger partial charge in [-0.3, -0.25) is 14.4 Å².